The van der Waals surface area contributed by atoms with Crippen LogP contribution < -0.4 is 5.32 Å². The average molecular weight is 479 g/mol. The highest BCUT2D eigenvalue weighted by Gasteiger charge is 2.23. The molecule has 176 valence electrons. The molecule has 0 fully saturated rings. The third-order valence-corrected chi connectivity index (χ3v) is 6.34. The molecule has 4 aromatic rings. The van der Waals surface area contributed by atoms with Gasteiger partial charge >= 0.3 is 5.00 Å². The van der Waals surface area contributed by atoms with Crippen LogP contribution in [0.4, 0.5) is 10.8 Å². The number of nitrogens with one attached hydrogen (secondary N) is 1. The summed E-state index contributed by atoms with van der Waals surface area (Å²) >= 11 is 0.812. The Bertz CT molecular complexity index is 1390. The largest absolute Gasteiger partial charge is 0.324 e. The Labute approximate surface area is 201 Å². The van der Waals surface area contributed by atoms with E-state index in [4.69, 9.17) is 4.98 Å². The molecule has 0 aliphatic carbocycles. The summed E-state index contributed by atoms with van der Waals surface area (Å²) in [6, 6.07) is 10.8. The standard InChI is InChI=1S/C24H26N6O3S/c1-23(2,3)15-9-7-14(8-10-15)19-26-20(16-13-25-29(21(16)27-19)24(4,5)6)28-22(31)17-11-12-18(34-17)30(32)33/h7-13H,1-6H3,(H,26,27,28,31). The van der Waals surface area contributed by atoms with Crippen molar-refractivity contribution in [2.75, 3.05) is 5.32 Å². The lowest BCUT2D eigenvalue weighted by molar-refractivity contribution is -0.380. The van der Waals surface area contributed by atoms with Crippen LogP contribution in [-0.4, -0.2) is 30.6 Å². The molecule has 1 N–H and O–H groups in total. The number of hydrogen-bond donors (Lipinski definition) is 1. The Morgan fingerprint density at radius 2 is 1.71 bits per heavy atom. The molecule has 0 saturated carbocycles. The maximum atomic E-state index is 12.9. The highest BCUT2D eigenvalue weighted by Crippen LogP contribution is 2.31. The maximum Gasteiger partial charge on any atom is 0.324 e. The second kappa shape index (κ2) is 8.28. The Hall–Kier alpha value is -3.66. The summed E-state index contributed by atoms with van der Waals surface area (Å²) in [5, 5.41) is 18.8. The van der Waals surface area contributed by atoms with E-state index in [2.05, 4.69) is 36.2 Å². The van der Waals surface area contributed by atoms with Crippen LogP contribution in [0.3, 0.4) is 0 Å². The van der Waals surface area contributed by atoms with Crippen molar-refractivity contribution in [3.8, 4) is 11.4 Å². The van der Waals surface area contributed by atoms with E-state index in [1.165, 1.54) is 17.7 Å². The van der Waals surface area contributed by atoms with Crippen LogP contribution in [0.1, 0.15) is 56.8 Å². The minimum absolute atomic E-state index is 0.0106. The molecule has 10 heteroatoms. The van der Waals surface area contributed by atoms with E-state index in [1.807, 2.05) is 45.0 Å². The van der Waals surface area contributed by atoms with Crippen molar-refractivity contribution in [3.05, 3.63) is 63.1 Å². The molecule has 1 aromatic carbocycles. The fraction of sp³-hybridized carbons (Fsp3) is 0.333. The Balaban J connectivity index is 1.81. The number of carbonyl (C=O) groups excluding carboxylic acids is 1. The van der Waals surface area contributed by atoms with Crippen LogP contribution in [0, 0.1) is 10.1 Å². The molecule has 3 heterocycles. The van der Waals surface area contributed by atoms with Crippen molar-refractivity contribution in [1.82, 2.24) is 19.7 Å². The summed E-state index contributed by atoms with van der Waals surface area (Å²) in [4.78, 5) is 33.0. The van der Waals surface area contributed by atoms with Crippen molar-refractivity contribution < 1.29 is 9.72 Å². The molecule has 0 saturated heterocycles. The number of nitro groups is 1. The molecule has 34 heavy (non-hydrogen) atoms. The first-order valence-electron chi connectivity index (χ1n) is 10.8. The molecule has 0 bridgehead atoms. The summed E-state index contributed by atoms with van der Waals surface area (Å²) in [7, 11) is 0. The Morgan fingerprint density at radius 1 is 1.03 bits per heavy atom. The van der Waals surface area contributed by atoms with Crippen LogP contribution in [-0.2, 0) is 11.0 Å². The minimum atomic E-state index is -0.517. The van der Waals surface area contributed by atoms with Crippen molar-refractivity contribution in [2.24, 2.45) is 0 Å². The zero-order chi connectivity index (χ0) is 24.8. The van der Waals surface area contributed by atoms with Gasteiger partial charge in [-0.1, -0.05) is 56.4 Å². The smallest absolute Gasteiger partial charge is 0.305 e. The summed E-state index contributed by atoms with van der Waals surface area (Å²) in [5.41, 5.74) is 2.24. The predicted molar refractivity (Wildman–Crippen MR) is 133 cm³/mol. The lowest BCUT2D eigenvalue weighted by Crippen LogP contribution is -2.23. The summed E-state index contributed by atoms with van der Waals surface area (Å²) in [6.07, 6.45) is 1.62. The number of hydrogen-bond acceptors (Lipinski definition) is 7. The van der Waals surface area contributed by atoms with Crippen molar-refractivity contribution in [3.63, 3.8) is 0 Å². The van der Waals surface area contributed by atoms with Crippen molar-refractivity contribution in [2.45, 2.75) is 52.5 Å². The highest BCUT2D eigenvalue weighted by atomic mass is 32.1. The molecule has 0 aliphatic heterocycles. The summed E-state index contributed by atoms with van der Waals surface area (Å²) < 4.78 is 1.79. The SMILES string of the molecule is CC(C)(C)c1ccc(-c2nc(NC(=O)c3ccc([N+](=O)[O-])s3)c3cnn(C(C)(C)C)c3n2)cc1. The van der Waals surface area contributed by atoms with Gasteiger partial charge in [-0.15, -0.1) is 0 Å². The zero-order valence-corrected chi connectivity index (χ0v) is 20.7. The number of amides is 1. The maximum absolute atomic E-state index is 12.9. The molecule has 3 aromatic heterocycles. The first kappa shape index (κ1) is 23.5. The molecule has 1 amide bonds. The molecular weight excluding hydrogens is 452 g/mol. The van der Waals surface area contributed by atoms with Gasteiger partial charge in [-0.25, -0.2) is 14.6 Å². The Morgan fingerprint density at radius 3 is 2.26 bits per heavy atom. The van der Waals surface area contributed by atoms with E-state index in [0.717, 1.165) is 16.9 Å². The fourth-order valence-electron chi connectivity index (χ4n) is 3.46. The topological polar surface area (TPSA) is 116 Å². The number of fused-ring (bicyclic) bond motifs is 1. The molecule has 0 radical (unpaired) electrons. The van der Waals surface area contributed by atoms with Gasteiger partial charge in [-0.05, 0) is 37.8 Å². The monoisotopic (exact) mass is 478 g/mol. The second-order valence-corrected chi connectivity index (χ2v) is 11.1. The number of nitrogens with zero attached hydrogens (tertiary/aromatic N) is 5. The first-order valence-corrected chi connectivity index (χ1v) is 11.6. The van der Waals surface area contributed by atoms with Gasteiger partial charge in [0.15, 0.2) is 11.5 Å². The molecular formula is C24H26N6O3S. The van der Waals surface area contributed by atoms with Crippen LogP contribution in [0.2, 0.25) is 0 Å². The Kier molecular flexibility index (Phi) is 5.72. The van der Waals surface area contributed by atoms with Gasteiger partial charge < -0.3 is 5.32 Å². The number of rotatable bonds is 4. The average Bonchev–Trinajstić information content (AvgIpc) is 3.40. The van der Waals surface area contributed by atoms with Crippen LogP contribution in [0.25, 0.3) is 22.4 Å². The number of benzene rings is 1. The first-order chi connectivity index (χ1) is 15.8. The van der Waals surface area contributed by atoms with Gasteiger partial charge in [0.25, 0.3) is 5.91 Å². The van der Waals surface area contributed by atoms with E-state index >= 15 is 0 Å². The summed E-state index contributed by atoms with van der Waals surface area (Å²) in [5.74, 6) is 0.276. The lowest BCUT2D eigenvalue weighted by Gasteiger charge is -2.20. The van der Waals surface area contributed by atoms with E-state index in [-0.39, 0.29) is 20.8 Å². The second-order valence-electron chi connectivity index (χ2n) is 10.0. The number of anilines is 1. The molecule has 0 aliphatic rings. The third kappa shape index (κ3) is 4.54. The molecule has 0 spiro atoms. The van der Waals surface area contributed by atoms with Gasteiger partial charge in [0.05, 0.1) is 26.9 Å². The highest BCUT2D eigenvalue weighted by molar-refractivity contribution is 7.17. The third-order valence-electron chi connectivity index (χ3n) is 5.30. The van der Waals surface area contributed by atoms with Crippen LogP contribution in [0.15, 0.2) is 42.6 Å². The summed E-state index contributed by atoms with van der Waals surface area (Å²) in [6.45, 7) is 12.5. The van der Waals surface area contributed by atoms with Gasteiger partial charge in [0, 0.05) is 11.6 Å². The number of thiophene rings is 1. The zero-order valence-electron chi connectivity index (χ0n) is 19.9. The number of carbonyl (C=O) groups is 1. The van der Waals surface area contributed by atoms with Crippen molar-refractivity contribution in [1.29, 1.82) is 0 Å². The van der Waals surface area contributed by atoms with E-state index in [1.54, 1.807) is 10.9 Å². The molecule has 9 nitrogen and oxygen atoms in total. The van der Waals surface area contributed by atoms with Gasteiger partial charge in [-0.3, -0.25) is 14.9 Å². The van der Waals surface area contributed by atoms with Gasteiger partial charge in [0.2, 0.25) is 0 Å². The van der Waals surface area contributed by atoms with Gasteiger partial charge in [-0.2, -0.15) is 5.10 Å². The van der Waals surface area contributed by atoms with Gasteiger partial charge in [0.1, 0.15) is 5.82 Å². The molecule has 0 unspecified atom stereocenters. The molecule has 4 rings (SSSR count). The van der Waals surface area contributed by atoms with Crippen molar-refractivity contribution >= 4 is 39.1 Å². The van der Waals surface area contributed by atoms with Crippen LogP contribution in [0.5, 0.6) is 0 Å². The van der Waals surface area contributed by atoms with E-state index in [0.29, 0.717) is 22.7 Å². The lowest BCUT2D eigenvalue weighted by atomic mass is 9.87. The minimum Gasteiger partial charge on any atom is -0.305 e. The normalized spacial score (nSPS) is 12.2. The number of aromatic nitrogens is 4. The van der Waals surface area contributed by atoms with E-state index in [9.17, 15) is 14.9 Å². The van der Waals surface area contributed by atoms with Crippen LogP contribution >= 0.6 is 11.3 Å². The fourth-order valence-corrected chi connectivity index (χ4v) is 4.18. The predicted octanol–water partition coefficient (Wildman–Crippen LogP) is 5.77. The molecule has 0 atom stereocenters. The van der Waals surface area contributed by atoms with E-state index < -0.39 is 10.8 Å². The quantitative estimate of drug-likeness (QED) is 0.294.